The maximum Gasteiger partial charge on any atom is 0.333 e. The summed E-state index contributed by atoms with van der Waals surface area (Å²) in [7, 11) is 0. The lowest BCUT2D eigenvalue weighted by Crippen LogP contribution is -2.33. The number of aryl methyl sites for hydroxylation is 2. The van der Waals surface area contributed by atoms with E-state index in [9.17, 15) is 10.0 Å². The molecule has 0 aliphatic heterocycles. The molecule has 2 aliphatic carbocycles. The van der Waals surface area contributed by atoms with Crippen LogP contribution in [0.2, 0.25) is 0 Å². The molecule has 2 unspecified atom stereocenters. The molecule has 38 heavy (non-hydrogen) atoms. The number of rotatable bonds is 1. The second kappa shape index (κ2) is 10.1. The number of benzene rings is 2. The third-order valence-electron chi connectivity index (χ3n) is 7.33. The third-order valence-corrected chi connectivity index (χ3v) is 7.33. The third kappa shape index (κ3) is 5.06. The van der Waals surface area contributed by atoms with Gasteiger partial charge in [0.25, 0.3) is 0 Å². The zero-order valence-electron chi connectivity index (χ0n) is 22.7. The van der Waals surface area contributed by atoms with Crippen LogP contribution in [0.25, 0.3) is 27.4 Å². The number of allylic oxidation sites excluding steroid dienone is 3. The Morgan fingerprint density at radius 3 is 2.61 bits per heavy atom. The molecule has 0 saturated heterocycles. The molecule has 5 heteroatoms. The first kappa shape index (κ1) is 25.7. The molecule has 0 fully saturated rings. The molecular formula is C33H34N2O3. The second-order valence-corrected chi connectivity index (χ2v) is 11.2. The van der Waals surface area contributed by atoms with Gasteiger partial charge in [-0.25, -0.2) is 4.73 Å². The summed E-state index contributed by atoms with van der Waals surface area (Å²) in [4.78, 5) is 16.6. The fraction of sp³-hybridized carbons (Fsp3) is 0.303. The molecular weight excluding hydrogens is 472 g/mol. The van der Waals surface area contributed by atoms with Crippen LogP contribution >= 0.6 is 0 Å². The predicted molar refractivity (Wildman–Crippen MR) is 152 cm³/mol. The van der Waals surface area contributed by atoms with Gasteiger partial charge in [-0.2, -0.15) is 0 Å². The van der Waals surface area contributed by atoms with E-state index in [4.69, 9.17) is 4.74 Å². The minimum Gasteiger partial charge on any atom is -0.710 e. The van der Waals surface area contributed by atoms with Gasteiger partial charge in [-0.3, -0.25) is 4.79 Å². The van der Waals surface area contributed by atoms with Crippen molar-refractivity contribution in [3.63, 3.8) is 0 Å². The molecule has 5 nitrogen and oxygen atoms in total. The fourth-order valence-electron chi connectivity index (χ4n) is 5.53. The van der Waals surface area contributed by atoms with Crippen LogP contribution in [0, 0.1) is 24.0 Å². The van der Waals surface area contributed by atoms with E-state index in [0.717, 1.165) is 23.0 Å². The van der Waals surface area contributed by atoms with Gasteiger partial charge in [0.15, 0.2) is 0 Å². The molecule has 2 aliphatic rings. The van der Waals surface area contributed by atoms with Gasteiger partial charge < -0.3 is 9.94 Å². The number of nitrogens with zero attached hydrogens (tertiary/aromatic N) is 2. The van der Waals surface area contributed by atoms with Crippen molar-refractivity contribution in [1.82, 2.24) is 4.98 Å². The maximum atomic E-state index is 12.7. The normalized spacial score (nSPS) is 18.4. The van der Waals surface area contributed by atoms with Crippen molar-refractivity contribution >= 4 is 33.3 Å². The first-order chi connectivity index (χ1) is 18.1. The van der Waals surface area contributed by atoms with Gasteiger partial charge in [0.1, 0.15) is 11.8 Å². The number of carbonyl (C=O) groups excluding carboxylic acids is 1. The number of ether oxygens (including phenoxy) is 1. The van der Waals surface area contributed by atoms with Crippen LogP contribution in [0.5, 0.6) is 0 Å². The highest BCUT2D eigenvalue weighted by Crippen LogP contribution is 2.44. The lowest BCUT2D eigenvalue weighted by Gasteiger charge is -2.34. The number of hydrogen-bond donors (Lipinski definition) is 0. The minimum absolute atomic E-state index is 0.113. The monoisotopic (exact) mass is 506 g/mol. The quantitative estimate of drug-likeness (QED) is 0.160. The van der Waals surface area contributed by atoms with E-state index < -0.39 is 5.60 Å². The zero-order chi connectivity index (χ0) is 27.0. The number of carbonyl (C=O) groups is 1. The summed E-state index contributed by atoms with van der Waals surface area (Å²) in [5, 5.41) is 14.6. The number of pyridine rings is 2. The van der Waals surface area contributed by atoms with E-state index in [1.807, 2.05) is 45.0 Å². The molecule has 6 rings (SSSR count). The summed E-state index contributed by atoms with van der Waals surface area (Å²) in [6.07, 6.45) is 9.30. The number of aromatic nitrogens is 2. The highest BCUT2D eigenvalue weighted by atomic mass is 16.6. The van der Waals surface area contributed by atoms with E-state index in [2.05, 4.69) is 55.2 Å². The minimum atomic E-state index is -0.449. The van der Waals surface area contributed by atoms with Crippen molar-refractivity contribution < 1.29 is 14.3 Å². The van der Waals surface area contributed by atoms with Gasteiger partial charge in [0.05, 0.1) is 17.5 Å². The zero-order valence-corrected chi connectivity index (χ0v) is 22.7. The predicted octanol–water partition coefficient (Wildman–Crippen LogP) is 6.88. The molecule has 0 amide bonds. The van der Waals surface area contributed by atoms with Crippen molar-refractivity contribution in [2.45, 2.75) is 53.1 Å². The summed E-state index contributed by atoms with van der Waals surface area (Å²) in [6.45, 7) is 10.1. The van der Waals surface area contributed by atoms with Crippen molar-refractivity contribution in [3.8, 4) is 0 Å². The molecule has 2 aromatic heterocycles. The van der Waals surface area contributed by atoms with Crippen LogP contribution in [-0.2, 0) is 16.0 Å². The first-order valence-corrected chi connectivity index (χ1v) is 13.2. The molecule has 194 valence electrons. The molecule has 2 heterocycles. The van der Waals surface area contributed by atoms with Crippen LogP contribution < -0.4 is 4.73 Å². The SMILES string of the molecule is Cc1ccc2c3c(ccc2c1)C1=C(CC3)C(C)C(C(=O)OC(C)(C)C)C=C1.[O-][n+]1cccc2cccnc21. The van der Waals surface area contributed by atoms with Crippen molar-refractivity contribution in [2.24, 2.45) is 11.8 Å². The second-order valence-electron chi connectivity index (χ2n) is 11.2. The highest BCUT2D eigenvalue weighted by molar-refractivity contribution is 5.95. The smallest absolute Gasteiger partial charge is 0.333 e. The first-order valence-electron chi connectivity index (χ1n) is 13.2. The summed E-state index contributed by atoms with van der Waals surface area (Å²) in [5.74, 6) is -0.119. The van der Waals surface area contributed by atoms with Crippen molar-refractivity contribution in [3.05, 3.63) is 107 Å². The van der Waals surface area contributed by atoms with E-state index >= 15 is 0 Å². The molecule has 2 aromatic carbocycles. The molecule has 0 bridgehead atoms. The summed E-state index contributed by atoms with van der Waals surface area (Å²) >= 11 is 0. The van der Waals surface area contributed by atoms with Gasteiger partial charge >= 0.3 is 11.6 Å². The van der Waals surface area contributed by atoms with E-state index in [-0.39, 0.29) is 17.8 Å². The van der Waals surface area contributed by atoms with Crippen LogP contribution in [0.4, 0.5) is 0 Å². The molecule has 2 atom stereocenters. The Bertz CT molecular complexity index is 1590. The molecule has 0 spiro atoms. The van der Waals surface area contributed by atoms with Gasteiger partial charge in [-0.05, 0) is 103 Å². The van der Waals surface area contributed by atoms with E-state index in [1.54, 1.807) is 12.3 Å². The van der Waals surface area contributed by atoms with Crippen LogP contribution in [0.1, 0.15) is 50.8 Å². The Labute approximate surface area is 224 Å². The van der Waals surface area contributed by atoms with E-state index in [0.29, 0.717) is 5.65 Å². The standard InChI is InChI=1S/C25H28O2.C8H6N2O/c1-15-6-8-20-17(14-15)7-9-23-21-13-11-19(24(26)27-25(3,4)5)16(2)18(21)10-12-22(20)23;11-10-6-2-4-7-3-1-5-9-8(7)10/h6-9,11,13-14,16,19H,10,12H2,1-5H3;1-6H. The molecule has 0 saturated carbocycles. The Morgan fingerprint density at radius 2 is 1.84 bits per heavy atom. The average Bonchev–Trinajstić information content (AvgIpc) is 2.88. The maximum absolute atomic E-state index is 12.7. The van der Waals surface area contributed by atoms with Crippen molar-refractivity contribution in [1.29, 1.82) is 0 Å². The van der Waals surface area contributed by atoms with Gasteiger partial charge in [-0.15, -0.1) is 0 Å². The largest absolute Gasteiger partial charge is 0.710 e. The number of esters is 1. The van der Waals surface area contributed by atoms with Gasteiger partial charge in [0, 0.05) is 0 Å². The van der Waals surface area contributed by atoms with Gasteiger partial charge in [-0.1, -0.05) is 60.5 Å². The van der Waals surface area contributed by atoms with Crippen molar-refractivity contribution in [2.75, 3.05) is 0 Å². The molecule has 4 aromatic rings. The Balaban J connectivity index is 0.000000222. The fourth-order valence-corrected chi connectivity index (χ4v) is 5.53. The Morgan fingerprint density at radius 1 is 1.05 bits per heavy atom. The van der Waals surface area contributed by atoms with Crippen LogP contribution in [0.15, 0.2) is 84.7 Å². The Kier molecular flexibility index (Phi) is 6.78. The highest BCUT2D eigenvalue weighted by Gasteiger charge is 2.35. The average molecular weight is 507 g/mol. The van der Waals surface area contributed by atoms with Crippen LogP contribution in [-0.4, -0.2) is 16.6 Å². The topological polar surface area (TPSA) is 66.1 Å². The number of fused-ring (bicyclic) bond motifs is 5. The summed E-state index contributed by atoms with van der Waals surface area (Å²) < 4.78 is 6.41. The van der Waals surface area contributed by atoms with Gasteiger partial charge in [0.2, 0.25) is 0 Å². The summed E-state index contributed by atoms with van der Waals surface area (Å²) in [5.41, 5.74) is 6.80. The Hall–Kier alpha value is -3.99. The molecule has 0 radical (unpaired) electrons. The summed E-state index contributed by atoms with van der Waals surface area (Å²) in [6, 6.07) is 18.4. The lowest BCUT2D eigenvalue weighted by atomic mass is 9.72. The molecule has 0 N–H and O–H groups in total. The lowest BCUT2D eigenvalue weighted by molar-refractivity contribution is -0.579. The van der Waals surface area contributed by atoms with E-state index in [1.165, 1.54) is 44.8 Å². The van der Waals surface area contributed by atoms with Crippen LogP contribution in [0.3, 0.4) is 0 Å². The number of hydrogen-bond acceptors (Lipinski definition) is 4.